The van der Waals surface area contributed by atoms with Gasteiger partial charge in [0.1, 0.15) is 5.75 Å². The van der Waals surface area contributed by atoms with E-state index < -0.39 is 6.10 Å². The van der Waals surface area contributed by atoms with Crippen LogP contribution in [0.15, 0.2) is 24.3 Å². The first-order valence-electron chi connectivity index (χ1n) is 6.24. The summed E-state index contributed by atoms with van der Waals surface area (Å²) in [6.45, 7) is 1.08. The molecule has 0 amide bonds. The fourth-order valence-electron chi connectivity index (χ4n) is 1.65. The zero-order valence-electron chi connectivity index (χ0n) is 11.4. The summed E-state index contributed by atoms with van der Waals surface area (Å²) in [4.78, 5) is 10.9. The van der Waals surface area contributed by atoms with Crippen LogP contribution in [0.5, 0.6) is 5.75 Å². The number of ether oxygens (including phenoxy) is 2. The summed E-state index contributed by atoms with van der Waals surface area (Å²) in [5, 5.41) is 12.8. The van der Waals surface area contributed by atoms with E-state index in [9.17, 15) is 9.90 Å². The Hall–Kier alpha value is -1.59. The molecule has 0 saturated heterocycles. The second kappa shape index (κ2) is 8.50. The van der Waals surface area contributed by atoms with Crippen molar-refractivity contribution in [1.29, 1.82) is 0 Å². The zero-order chi connectivity index (χ0) is 14.1. The standard InChI is InChI=1S/C14H21NO4/c1-18-13-5-3-4-11(8-13)9-15-10-12(16)6-7-14(17)19-2/h3-5,8,12,15-16H,6-7,9-10H2,1-2H3. The summed E-state index contributed by atoms with van der Waals surface area (Å²) in [5.41, 5.74) is 1.08. The van der Waals surface area contributed by atoms with Crippen LogP contribution in [0.4, 0.5) is 0 Å². The predicted molar refractivity (Wildman–Crippen MR) is 72.0 cm³/mol. The minimum absolute atomic E-state index is 0.235. The quantitative estimate of drug-likeness (QED) is 0.690. The number of aliphatic hydroxyl groups is 1. The molecule has 1 unspecified atom stereocenters. The van der Waals surface area contributed by atoms with Crippen LogP contribution in [0, 0.1) is 0 Å². The number of carbonyl (C=O) groups is 1. The Morgan fingerprint density at radius 1 is 1.42 bits per heavy atom. The summed E-state index contributed by atoms with van der Waals surface area (Å²) < 4.78 is 9.65. The molecule has 1 rings (SSSR count). The highest BCUT2D eigenvalue weighted by atomic mass is 16.5. The molecule has 5 nitrogen and oxygen atoms in total. The lowest BCUT2D eigenvalue weighted by molar-refractivity contribution is -0.141. The van der Waals surface area contributed by atoms with Crippen LogP contribution in [0.1, 0.15) is 18.4 Å². The topological polar surface area (TPSA) is 67.8 Å². The van der Waals surface area contributed by atoms with Crippen molar-refractivity contribution in [3.8, 4) is 5.75 Å². The van der Waals surface area contributed by atoms with Crippen molar-refractivity contribution in [3.05, 3.63) is 29.8 Å². The largest absolute Gasteiger partial charge is 0.497 e. The van der Waals surface area contributed by atoms with Gasteiger partial charge in [-0.15, -0.1) is 0 Å². The van der Waals surface area contributed by atoms with Crippen molar-refractivity contribution >= 4 is 5.97 Å². The number of benzene rings is 1. The lowest BCUT2D eigenvalue weighted by Crippen LogP contribution is -2.27. The van der Waals surface area contributed by atoms with E-state index in [1.165, 1.54) is 7.11 Å². The number of hydrogen-bond acceptors (Lipinski definition) is 5. The normalized spacial score (nSPS) is 11.9. The van der Waals surface area contributed by atoms with Gasteiger partial charge in [0.05, 0.1) is 20.3 Å². The number of rotatable bonds is 8. The van der Waals surface area contributed by atoms with Crippen molar-refractivity contribution in [3.63, 3.8) is 0 Å². The maximum absolute atomic E-state index is 10.9. The molecule has 5 heteroatoms. The highest BCUT2D eigenvalue weighted by Crippen LogP contribution is 2.12. The van der Waals surface area contributed by atoms with Crippen LogP contribution in [0.3, 0.4) is 0 Å². The molecule has 1 aromatic rings. The molecule has 0 saturated carbocycles. The molecule has 19 heavy (non-hydrogen) atoms. The Bertz CT molecular complexity index is 395. The first kappa shape index (κ1) is 15.5. The Morgan fingerprint density at radius 3 is 2.89 bits per heavy atom. The summed E-state index contributed by atoms with van der Waals surface area (Å²) in [7, 11) is 2.97. The Kier molecular flexibility index (Phi) is 6.92. The molecule has 0 aliphatic rings. The fourth-order valence-corrected chi connectivity index (χ4v) is 1.65. The summed E-state index contributed by atoms with van der Waals surface area (Å²) in [5.74, 6) is 0.511. The van der Waals surface area contributed by atoms with Crippen molar-refractivity contribution in [1.82, 2.24) is 5.32 Å². The number of methoxy groups -OCH3 is 2. The molecule has 106 valence electrons. The van der Waals surface area contributed by atoms with Gasteiger partial charge in [-0.25, -0.2) is 0 Å². The lowest BCUT2D eigenvalue weighted by Gasteiger charge is -2.11. The number of carbonyl (C=O) groups excluding carboxylic acids is 1. The molecule has 1 atom stereocenters. The molecule has 2 N–H and O–H groups in total. The third-order valence-corrected chi connectivity index (χ3v) is 2.75. The molecule has 0 fully saturated rings. The van der Waals surface area contributed by atoms with Gasteiger partial charge in [0.15, 0.2) is 0 Å². The van der Waals surface area contributed by atoms with Crippen molar-refractivity contribution in [2.24, 2.45) is 0 Å². The summed E-state index contributed by atoms with van der Waals surface area (Å²) >= 11 is 0. The molecule has 0 aromatic heterocycles. The Balaban J connectivity index is 2.23. The average molecular weight is 267 g/mol. The van der Waals surface area contributed by atoms with Crippen LogP contribution >= 0.6 is 0 Å². The second-order valence-corrected chi connectivity index (χ2v) is 4.25. The van der Waals surface area contributed by atoms with Crippen molar-refractivity contribution in [2.45, 2.75) is 25.5 Å². The van der Waals surface area contributed by atoms with Gasteiger partial charge in [0.2, 0.25) is 0 Å². The molecular formula is C14H21NO4. The van der Waals surface area contributed by atoms with E-state index in [1.54, 1.807) is 7.11 Å². The monoisotopic (exact) mass is 267 g/mol. The number of aliphatic hydroxyl groups excluding tert-OH is 1. The third kappa shape index (κ3) is 6.22. The van der Waals surface area contributed by atoms with Crippen LogP contribution in [-0.2, 0) is 16.1 Å². The van der Waals surface area contributed by atoms with Gasteiger partial charge in [-0.2, -0.15) is 0 Å². The molecule has 0 radical (unpaired) electrons. The highest BCUT2D eigenvalue weighted by Gasteiger charge is 2.07. The maximum atomic E-state index is 10.9. The van der Waals surface area contributed by atoms with E-state index in [0.717, 1.165) is 11.3 Å². The van der Waals surface area contributed by atoms with Crippen molar-refractivity contribution < 1.29 is 19.4 Å². The molecule has 0 aliphatic carbocycles. The van der Waals surface area contributed by atoms with E-state index in [0.29, 0.717) is 19.5 Å². The molecule has 0 spiro atoms. The van der Waals surface area contributed by atoms with E-state index in [2.05, 4.69) is 10.1 Å². The fraction of sp³-hybridized carbons (Fsp3) is 0.500. The van der Waals surface area contributed by atoms with Gasteiger partial charge in [-0.05, 0) is 24.1 Å². The third-order valence-electron chi connectivity index (χ3n) is 2.75. The zero-order valence-corrected chi connectivity index (χ0v) is 11.4. The SMILES string of the molecule is COC(=O)CCC(O)CNCc1cccc(OC)c1. The van der Waals surface area contributed by atoms with E-state index in [-0.39, 0.29) is 12.4 Å². The predicted octanol–water partition coefficient (Wildman–Crippen LogP) is 1.10. The van der Waals surface area contributed by atoms with Gasteiger partial charge in [-0.3, -0.25) is 4.79 Å². The van der Waals surface area contributed by atoms with E-state index >= 15 is 0 Å². The number of esters is 1. The Labute approximate surface area is 113 Å². The molecule has 0 aliphatic heterocycles. The number of nitrogens with one attached hydrogen (secondary N) is 1. The second-order valence-electron chi connectivity index (χ2n) is 4.25. The van der Waals surface area contributed by atoms with Crippen LogP contribution in [0.25, 0.3) is 0 Å². The average Bonchev–Trinajstić information content (AvgIpc) is 2.45. The number of hydrogen-bond donors (Lipinski definition) is 2. The van der Waals surface area contributed by atoms with Gasteiger partial charge in [-0.1, -0.05) is 12.1 Å². The maximum Gasteiger partial charge on any atom is 0.305 e. The summed E-state index contributed by atoms with van der Waals surface area (Å²) in [6.07, 6.45) is 0.0840. The molecule has 1 aromatic carbocycles. The van der Waals surface area contributed by atoms with Crippen LogP contribution in [-0.4, -0.2) is 37.9 Å². The van der Waals surface area contributed by atoms with Gasteiger partial charge in [0, 0.05) is 19.5 Å². The Morgan fingerprint density at radius 2 is 2.21 bits per heavy atom. The lowest BCUT2D eigenvalue weighted by atomic mass is 10.2. The van der Waals surface area contributed by atoms with E-state index in [1.807, 2.05) is 24.3 Å². The smallest absolute Gasteiger partial charge is 0.305 e. The first-order chi connectivity index (χ1) is 9.15. The molecule has 0 heterocycles. The van der Waals surface area contributed by atoms with Gasteiger partial charge >= 0.3 is 5.97 Å². The summed E-state index contributed by atoms with van der Waals surface area (Å²) in [6, 6.07) is 7.72. The first-order valence-corrected chi connectivity index (χ1v) is 6.24. The molecule has 0 bridgehead atoms. The highest BCUT2D eigenvalue weighted by molar-refractivity contribution is 5.69. The van der Waals surface area contributed by atoms with Gasteiger partial charge < -0.3 is 19.9 Å². The van der Waals surface area contributed by atoms with Gasteiger partial charge in [0.25, 0.3) is 0 Å². The van der Waals surface area contributed by atoms with E-state index in [4.69, 9.17) is 4.74 Å². The molecular weight excluding hydrogens is 246 g/mol. The minimum Gasteiger partial charge on any atom is -0.497 e. The van der Waals surface area contributed by atoms with Crippen molar-refractivity contribution in [2.75, 3.05) is 20.8 Å². The van der Waals surface area contributed by atoms with Crippen LogP contribution < -0.4 is 10.1 Å². The minimum atomic E-state index is -0.551. The van der Waals surface area contributed by atoms with Crippen LogP contribution in [0.2, 0.25) is 0 Å².